The molecule has 0 amide bonds. The molecule has 1 fully saturated rings. The molecular weight excluding hydrogens is 210 g/mol. The minimum absolute atomic E-state index is 0.0745. The Morgan fingerprint density at radius 1 is 1.35 bits per heavy atom. The summed E-state index contributed by atoms with van der Waals surface area (Å²) in [6, 6.07) is 2.78. The highest BCUT2D eigenvalue weighted by atomic mass is 15.3. The van der Waals surface area contributed by atoms with E-state index in [1.54, 1.807) is 0 Å². The molecule has 0 aliphatic heterocycles. The van der Waals surface area contributed by atoms with Gasteiger partial charge in [-0.1, -0.05) is 26.7 Å². The van der Waals surface area contributed by atoms with Gasteiger partial charge in [-0.15, -0.1) is 0 Å². The molecule has 2 rings (SSSR count). The average molecular weight is 235 g/mol. The van der Waals surface area contributed by atoms with Crippen LogP contribution in [0.15, 0.2) is 12.3 Å². The molecule has 0 bridgehead atoms. The van der Waals surface area contributed by atoms with E-state index in [2.05, 4.69) is 30.8 Å². The predicted molar refractivity (Wildman–Crippen MR) is 70.9 cm³/mol. The molecule has 0 spiro atoms. The Kier molecular flexibility index (Phi) is 3.87. The highest BCUT2D eigenvalue weighted by Crippen LogP contribution is 2.29. The summed E-state index contributed by atoms with van der Waals surface area (Å²) in [5, 5.41) is 4.71. The molecule has 0 saturated heterocycles. The van der Waals surface area contributed by atoms with Crippen molar-refractivity contribution >= 4 is 0 Å². The Balaban J connectivity index is 2.02. The highest BCUT2D eigenvalue weighted by molar-refractivity contribution is 5.06. The summed E-state index contributed by atoms with van der Waals surface area (Å²) >= 11 is 0. The number of aromatic nitrogens is 2. The average Bonchev–Trinajstić information content (AvgIpc) is 2.98. The van der Waals surface area contributed by atoms with Crippen LogP contribution in [-0.4, -0.2) is 15.3 Å². The van der Waals surface area contributed by atoms with E-state index in [-0.39, 0.29) is 5.54 Å². The second kappa shape index (κ2) is 5.21. The van der Waals surface area contributed by atoms with Crippen LogP contribution in [0.5, 0.6) is 0 Å². The maximum Gasteiger partial charge on any atom is 0.0643 e. The van der Waals surface area contributed by atoms with Gasteiger partial charge in [-0.25, -0.2) is 0 Å². The van der Waals surface area contributed by atoms with Crippen LogP contribution in [0.25, 0.3) is 0 Å². The van der Waals surface area contributed by atoms with Crippen LogP contribution in [-0.2, 0) is 6.42 Å². The van der Waals surface area contributed by atoms with Crippen molar-refractivity contribution < 1.29 is 0 Å². The minimum Gasteiger partial charge on any atom is -0.325 e. The van der Waals surface area contributed by atoms with Gasteiger partial charge in [-0.3, -0.25) is 4.68 Å². The molecule has 1 aromatic heterocycles. The fraction of sp³-hybridized carbons (Fsp3) is 0.786. The van der Waals surface area contributed by atoms with Crippen molar-refractivity contribution in [1.29, 1.82) is 0 Å². The van der Waals surface area contributed by atoms with Crippen LogP contribution in [0.3, 0.4) is 0 Å². The minimum atomic E-state index is -0.0745. The normalized spacial score (nSPS) is 17.8. The molecule has 0 aromatic carbocycles. The lowest BCUT2D eigenvalue weighted by atomic mass is 9.89. The van der Waals surface area contributed by atoms with Crippen LogP contribution in [0.4, 0.5) is 0 Å². The molecule has 96 valence electrons. The summed E-state index contributed by atoms with van der Waals surface area (Å²) in [4.78, 5) is 0. The number of rotatable bonds is 5. The summed E-state index contributed by atoms with van der Waals surface area (Å²) in [6.07, 6.45) is 10.3. The lowest BCUT2D eigenvalue weighted by Crippen LogP contribution is -2.40. The molecule has 0 atom stereocenters. The fourth-order valence-corrected chi connectivity index (χ4v) is 2.70. The van der Waals surface area contributed by atoms with Gasteiger partial charge in [0.2, 0.25) is 0 Å². The maximum atomic E-state index is 6.34. The molecule has 1 aliphatic rings. The molecule has 17 heavy (non-hydrogen) atoms. The van der Waals surface area contributed by atoms with Crippen molar-refractivity contribution in [2.45, 2.75) is 70.4 Å². The van der Waals surface area contributed by atoms with Gasteiger partial charge in [0.15, 0.2) is 0 Å². The van der Waals surface area contributed by atoms with E-state index in [1.807, 2.05) is 0 Å². The topological polar surface area (TPSA) is 43.8 Å². The Bertz CT molecular complexity index is 346. The summed E-state index contributed by atoms with van der Waals surface area (Å²) in [5.74, 6) is 0. The summed E-state index contributed by atoms with van der Waals surface area (Å²) in [5.41, 5.74) is 7.42. The standard InChI is InChI=1S/C14H25N3/c1-3-14(15,4-2)11-12-9-10-17(16-12)13-7-5-6-8-13/h9-10,13H,3-8,11,15H2,1-2H3. The van der Waals surface area contributed by atoms with Gasteiger partial charge in [0.05, 0.1) is 11.7 Å². The molecule has 2 N–H and O–H groups in total. The third kappa shape index (κ3) is 2.89. The first-order valence-electron chi connectivity index (χ1n) is 7.00. The second-order valence-electron chi connectivity index (χ2n) is 5.47. The van der Waals surface area contributed by atoms with E-state index in [9.17, 15) is 0 Å². The third-order valence-electron chi connectivity index (χ3n) is 4.30. The molecule has 3 heteroatoms. The number of nitrogens with zero attached hydrogens (tertiary/aromatic N) is 2. The zero-order valence-corrected chi connectivity index (χ0v) is 11.2. The Hall–Kier alpha value is -0.830. The second-order valence-corrected chi connectivity index (χ2v) is 5.47. The zero-order valence-electron chi connectivity index (χ0n) is 11.2. The predicted octanol–water partition coefficient (Wildman–Crippen LogP) is 3.06. The number of hydrogen-bond donors (Lipinski definition) is 1. The summed E-state index contributed by atoms with van der Waals surface area (Å²) in [6.45, 7) is 4.33. The fourth-order valence-electron chi connectivity index (χ4n) is 2.70. The zero-order chi connectivity index (χ0) is 12.3. The van der Waals surface area contributed by atoms with Gasteiger partial charge >= 0.3 is 0 Å². The van der Waals surface area contributed by atoms with Crippen molar-refractivity contribution in [2.24, 2.45) is 5.73 Å². The smallest absolute Gasteiger partial charge is 0.0643 e. The lowest BCUT2D eigenvalue weighted by Gasteiger charge is -2.25. The molecule has 1 aromatic rings. The molecule has 1 saturated carbocycles. The summed E-state index contributed by atoms with van der Waals surface area (Å²) in [7, 11) is 0. The monoisotopic (exact) mass is 235 g/mol. The molecule has 1 heterocycles. The van der Waals surface area contributed by atoms with E-state index in [1.165, 1.54) is 25.7 Å². The first-order chi connectivity index (χ1) is 8.17. The molecule has 1 aliphatic carbocycles. The molecule has 0 radical (unpaired) electrons. The highest BCUT2D eigenvalue weighted by Gasteiger charge is 2.23. The van der Waals surface area contributed by atoms with Crippen LogP contribution < -0.4 is 5.73 Å². The van der Waals surface area contributed by atoms with E-state index >= 15 is 0 Å². The number of hydrogen-bond acceptors (Lipinski definition) is 2. The third-order valence-corrected chi connectivity index (χ3v) is 4.30. The van der Waals surface area contributed by atoms with Crippen LogP contribution in [0.2, 0.25) is 0 Å². The quantitative estimate of drug-likeness (QED) is 0.852. The molecular formula is C14H25N3. The van der Waals surface area contributed by atoms with Gasteiger partial charge in [-0.2, -0.15) is 5.10 Å². The Morgan fingerprint density at radius 2 is 2.00 bits per heavy atom. The van der Waals surface area contributed by atoms with Crippen molar-refractivity contribution in [3.05, 3.63) is 18.0 Å². The van der Waals surface area contributed by atoms with E-state index in [0.29, 0.717) is 6.04 Å². The van der Waals surface area contributed by atoms with Crippen LogP contribution in [0, 0.1) is 0 Å². The van der Waals surface area contributed by atoms with Crippen molar-refractivity contribution in [2.75, 3.05) is 0 Å². The molecule has 0 unspecified atom stereocenters. The first-order valence-corrected chi connectivity index (χ1v) is 7.00. The van der Waals surface area contributed by atoms with Crippen molar-refractivity contribution in [3.8, 4) is 0 Å². The lowest BCUT2D eigenvalue weighted by molar-refractivity contribution is 0.383. The van der Waals surface area contributed by atoms with Gasteiger partial charge in [0.25, 0.3) is 0 Å². The van der Waals surface area contributed by atoms with Gasteiger partial charge in [0.1, 0.15) is 0 Å². The van der Waals surface area contributed by atoms with E-state index < -0.39 is 0 Å². The van der Waals surface area contributed by atoms with E-state index in [4.69, 9.17) is 10.8 Å². The number of nitrogens with two attached hydrogens (primary N) is 1. The van der Waals surface area contributed by atoms with Gasteiger partial charge < -0.3 is 5.73 Å². The van der Waals surface area contributed by atoms with Crippen molar-refractivity contribution in [1.82, 2.24) is 9.78 Å². The maximum absolute atomic E-state index is 6.34. The Labute approximate surface area is 104 Å². The largest absolute Gasteiger partial charge is 0.325 e. The first kappa shape index (κ1) is 12.6. The van der Waals surface area contributed by atoms with Crippen LogP contribution in [0.1, 0.15) is 64.1 Å². The van der Waals surface area contributed by atoms with E-state index in [0.717, 1.165) is 25.0 Å². The van der Waals surface area contributed by atoms with Gasteiger partial charge in [-0.05, 0) is 31.7 Å². The molecule has 3 nitrogen and oxygen atoms in total. The van der Waals surface area contributed by atoms with Gasteiger partial charge in [0, 0.05) is 18.2 Å². The van der Waals surface area contributed by atoms with Crippen molar-refractivity contribution in [3.63, 3.8) is 0 Å². The Morgan fingerprint density at radius 3 is 2.59 bits per heavy atom. The SMILES string of the molecule is CCC(N)(CC)Cc1ccn(C2CCCC2)n1. The summed E-state index contributed by atoms with van der Waals surface area (Å²) < 4.78 is 2.16. The van der Waals surface area contributed by atoms with Crippen LogP contribution >= 0.6 is 0 Å².